The molecule has 1 saturated heterocycles. The maximum Gasteiger partial charge on any atom is 0.286 e. The molecule has 3 rings (SSSR count). The topological polar surface area (TPSA) is 71.4 Å². The molecule has 1 fully saturated rings. The molecule has 1 amide bonds. The van der Waals surface area contributed by atoms with Crippen LogP contribution in [0.1, 0.15) is 11.1 Å². The number of carbonyl (C=O) groups excluding carboxylic acids is 1. The van der Waals surface area contributed by atoms with E-state index in [1.165, 1.54) is 23.0 Å². The summed E-state index contributed by atoms with van der Waals surface area (Å²) in [6.45, 7) is 0. The molecule has 1 aliphatic heterocycles. The molecule has 1 heterocycles. The fraction of sp³-hybridized carbons (Fsp3) is 0.105. The van der Waals surface area contributed by atoms with Gasteiger partial charge < -0.3 is 14.6 Å². The van der Waals surface area contributed by atoms with Crippen molar-refractivity contribution in [2.24, 2.45) is 5.10 Å². The first-order chi connectivity index (χ1) is 13.0. The highest BCUT2D eigenvalue weighted by molar-refractivity contribution is 8.26. The molecule has 0 bridgehead atoms. The van der Waals surface area contributed by atoms with E-state index in [9.17, 15) is 9.90 Å². The number of hydrazone groups is 1. The summed E-state index contributed by atoms with van der Waals surface area (Å²) in [7, 11) is 3.13. The Labute approximate surface area is 166 Å². The van der Waals surface area contributed by atoms with E-state index in [1.807, 2.05) is 6.07 Å². The summed E-state index contributed by atoms with van der Waals surface area (Å²) in [4.78, 5) is 13.1. The van der Waals surface area contributed by atoms with Gasteiger partial charge in [0.1, 0.15) is 17.2 Å². The zero-order valence-electron chi connectivity index (χ0n) is 14.6. The Morgan fingerprint density at radius 2 is 1.89 bits per heavy atom. The highest BCUT2D eigenvalue weighted by atomic mass is 32.2. The smallest absolute Gasteiger partial charge is 0.286 e. The largest absolute Gasteiger partial charge is 0.508 e. The summed E-state index contributed by atoms with van der Waals surface area (Å²) in [6, 6.07) is 11.8. The SMILES string of the molecule is COc1ccc(/C=C2/SC(=S)N(/N=C/c3ccc(O)cc3)C2=O)c(OC)c1. The number of amides is 1. The number of phenols is 1. The first-order valence-electron chi connectivity index (χ1n) is 7.85. The average Bonchev–Trinajstić information content (AvgIpc) is 2.94. The molecular weight excluding hydrogens is 384 g/mol. The lowest BCUT2D eigenvalue weighted by atomic mass is 10.1. The lowest BCUT2D eigenvalue weighted by Crippen LogP contribution is -2.22. The van der Waals surface area contributed by atoms with Crippen LogP contribution in [0.25, 0.3) is 6.08 Å². The number of thioether (sulfide) groups is 1. The van der Waals surface area contributed by atoms with Crippen LogP contribution >= 0.6 is 24.0 Å². The Morgan fingerprint density at radius 1 is 1.15 bits per heavy atom. The van der Waals surface area contributed by atoms with Gasteiger partial charge in [-0.3, -0.25) is 4.79 Å². The molecule has 2 aromatic carbocycles. The highest BCUT2D eigenvalue weighted by Gasteiger charge is 2.32. The van der Waals surface area contributed by atoms with Gasteiger partial charge in [-0.2, -0.15) is 10.1 Å². The minimum atomic E-state index is -0.308. The van der Waals surface area contributed by atoms with Gasteiger partial charge in [0.2, 0.25) is 0 Å². The van der Waals surface area contributed by atoms with Crippen LogP contribution < -0.4 is 9.47 Å². The van der Waals surface area contributed by atoms with Crippen molar-refractivity contribution in [3.05, 3.63) is 58.5 Å². The van der Waals surface area contributed by atoms with Crippen molar-refractivity contribution in [2.45, 2.75) is 0 Å². The van der Waals surface area contributed by atoms with Crippen molar-refractivity contribution in [1.82, 2.24) is 5.01 Å². The minimum absolute atomic E-state index is 0.161. The molecule has 0 unspecified atom stereocenters. The number of thiocarbonyl (C=S) groups is 1. The normalized spacial score (nSPS) is 15.8. The predicted molar refractivity (Wildman–Crippen MR) is 110 cm³/mol. The standard InChI is InChI=1S/C19H16N2O4S2/c1-24-15-8-5-13(16(10-15)25-2)9-17-18(23)21(19(26)27-17)20-11-12-3-6-14(22)7-4-12/h3-11,22H,1-2H3/b17-9+,20-11+. The van der Waals surface area contributed by atoms with Gasteiger partial charge in [0.05, 0.1) is 25.3 Å². The van der Waals surface area contributed by atoms with Crippen LogP contribution in [-0.4, -0.2) is 40.8 Å². The lowest BCUT2D eigenvalue weighted by molar-refractivity contribution is -0.122. The van der Waals surface area contributed by atoms with E-state index in [2.05, 4.69) is 5.10 Å². The number of methoxy groups -OCH3 is 2. The van der Waals surface area contributed by atoms with Gasteiger partial charge in [-0.25, -0.2) is 0 Å². The number of phenolic OH excluding ortho intramolecular Hbond substituents is 1. The number of nitrogens with zero attached hydrogens (tertiary/aromatic N) is 2. The van der Waals surface area contributed by atoms with E-state index < -0.39 is 0 Å². The third-order valence-corrected chi connectivity index (χ3v) is 5.00. The molecule has 0 atom stereocenters. The van der Waals surface area contributed by atoms with Gasteiger partial charge in [-0.05, 0) is 60.3 Å². The number of aromatic hydroxyl groups is 1. The molecule has 1 aliphatic rings. The van der Waals surface area contributed by atoms with Crippen LogP contribution in [0, 0.1) is 0 Å². The van der Waals surface area contributed by atoms with Gasteiger partial charge in [0, 0.05) is 11.6 Å². The monoisotopic (exact) mass is 400 g/mol. The average molecular weight is 400 g/mol. The summed E-state index contributed by atoms with van der Waals surface area (Å²) in [5.41, 5.74) is 1.48. The first kappa shape index (κ1) is 18.9. The third kappa shape index (κ3) is 4.29. The number of rotatable bonds is 5. The molecule has 0 aromatic heterocycles. The van der Waals surface area contributed by atoms with Crippen LogP contribution in [-0.2, 0) is 4.79 Å². The molecule has 6 nitrogen and oxygen atoms in total. The van der Waals surface area contributed by atoms with Crippen molar-refractivity contribution in [3.63, 3.8) is 0 Å². The van der Waals surface area contributed by atoms with E-state index in [0.717, 1.165) is 11.1 Å². The van der Waals surface area contributed by atoms with Gasteiger partial charge in [0.15, 0.2) is 4.32 Å². The maximum absolute atomic E-state index is 12.6. The number of carbonyl (C=O) groups is 1. The van der Waals surface area contributed by atoms with Crippen LogP contribution in [0.3, 0.4) is 0 Å². The molecular formula is C19H16N2O4S2. The Balaban J connectivity index is 1.83. The fourth-order valence-electron chi connectivity index (χ4n) is 2.32. The van der Waals surface area contributed by atoms with Gasteiger partial charge in [0.25, 0.3) is 5.91 Å². The number of benzene rings is 2. The van der Waals surface area contributed by atoms with Crippen LogP contribution in [0.2, 0.25) is 0 Å². The lowest BCUT2D eigenvalue weighted by Gasteiger charge is -2.08. The van der Waals surface area contributed by atoms with E-state index in [4.69, 9.17) is 21.7 Å². The zero-order chi connectivity index (χ0) is 19.4. The van der Waals surface area contributed by atoms with Crippen molar-refractivity contribution in [1.29, 1.82) is 0 Å². The zero-order valence-corrected chi connectivity index (χ0v) is 16.2. The molecule has 27 heavy (non-hydrogen) atoms. The van der Waals surface area contributed by atoms with E-state index in [0.29, 0.717) is 20.7 Å². The van der Waals surface area contributed by atoms with Crippen molar-refractivity contribution >= 4 is 46.5 Å². The summed E-state index contributed by atoms with van der Waals surface area (Å²) in [5, 5.41) is 14.7. The Kier molecular flexibility index (Phi) is 5.78. The molecule has 2 aromatic rings. The fourth-order valence-corrected chi connectivity index (χ4v) is 3.49. The Bertz CT molecular complexity index is 939. The molecule has 8 heteroatoms. The van der Waals surface area contributed by atoms with Crippen molar-refractivity contribution < 1.29 is 19.4 Å². The van der Waals surface area contributed by atoms with Crippen LogP contribution in [0.15, 0.2) is 52.5 Å². The second-order valence-corrected chi connectivity index (χ2v) is 7.11. The summed E-state index contributed by atoms with van der Waals surface area (Å²) >= 11 is 6.44. The van der Waals surface area contributed by atoms with Crippen molar-refractivity contribution in [3.8, 4) is 17.2 Å². The van der Waals surface area contributed by atoms with E-state index >= 15 is 0 Å². The molecule has 138 valence electrons. The quantitative estimate of drug-likeness (QED) is 0.469. The Hall–Kier alpha value is -2.84. The Morgan fingerprint density at radius 3 is 2.56 bits per heavy atom. The molecule has 1 N–H and O–H groups in total. The molecule has 0 spiro atoms. The summed E-state index contributed by atoms with van der Waals surface area (Å²) < 4.78 is 10.9. The van der Waals surface area contributed by atoms with Gasteiger partial charge in [-0.15, -0.1) is 0 Å². The second-order valence-electron chi connectivity index (χ2n) is 5.44. The number of hydrogen-bond donors (Lipinski definition) is 1. The summed E-state index contributed by atoms with van der Waals surface area (Å²) in [6.07, 6.45) is 3.23. The first-order valence-corrected chi connectivity index (χ1v) is 9.07. The van der Waals surface area contributed by atoms with E-state index in [-0.39, 0.29) is 11.7 Å². The van der Waals surface area contributed by atoms with E-state index in [1.54, 1.807) is 56.7 Å². The summed E-state index contributed by atoms with van der Waals surface area (Å²) in [5.74, 6) is 1.11. The maximum atomic E-state index is 12.6. The highest BCUT2D eigenvalue weighted by Crippen LogP contribution is 2.35. The number of hydrogen-bond acceptors (Lipinski definition) is 7. The van der Waals surface area contributed by atoms with Crippen LogP contribution in [0.4, 0.5) is 0 Å². The molecule has 0 saturated carbocycles. The number of ether oxygens (including phenoxy) is 2. The van der Waals surface area contributed by atoms with Crippen molar-refractivity contribution in [2.75, 3.05) is 14.2 Å². The predicted octanol–water partition coefficient (Wildman–Crippen LogP) is 3.64. The molecule has 0 aliphatic carbocycles. The second kappa shape index (κ2) is 8.24. The van der Waals surface area contributed by atoms with Crippen LogP contribution in [0.5, 0.6) is 17.2 Å². The third-order valence-electron chi connectivity index (χ3n) is 3.72. The molecule has 0 radical (unpaired) electrons. The van der Waals surface area contributed by atoms with Gasteiger partial charge in [-0.1, -0.05) is 11.8 Å². The van der Waals surface area contributed by atoms with Gasteiger partial charge >= 0.3 is 0 Å². The minimum Gasteiger partial charge on any atom is -0.508 e.